The van der Waals surface area contributed by atoms with Gasteiger partial charge < -0.3 is 9.47 Å². The van der Waals surface area contributed by atoms with Crippen molar-refractivity contribution in [3.05, 3.63) is 48.0 Å². The van der Waals surface area contributed by atoms with E-state index in [0.29, 0.717) is 0 Å². The first-order chi connectivity index (χ1) is 10.4. The summed E-state index contributed by atoms with van der Waals surface area (Å²) in [7, 11) is 2.60. The summed E-state index contributed by atoms with van der Waals surface area (Å²) in [5.41, 5.74) is 0.391. The third-order valence-electron chi connectivity index (χ3n) is 5.02. The van der Waals surface area contributed by atoms with E-state index in [9.17, 15) is 9.59 Å². The van der Waals surface area contributed by atoms with Crippen molar-refractivity contribution in [3.63, 3.8) is 0 Å². The SMILES string of the molecule is C=C1C(C)C(c2ccccc2)C(C(=O)OC)(C(=O)OC)C1C. The maximum absolute atomic E-state index is 12.7. The zero-order valence-electron chi connectivity index (χ0n) is 13.5. The van der Waals surface area contributed by atoms with Gasteiger partial charge in [0.1, 0.15) is 0 Å². The van der Waals surface area contributed by atoms with Gasteiger partial charge in [0.15, 0.2) is 5.41 Å². The number of carbonyl (C=O) groups is 2. The first-order valence-corrected chi connectivity index (χ1v) is 7.33. The van der Waals surface area contributed by atoms with Gasteiger partial charge in [0.2, 0.25) is 0 Å². The molecule has 3 unspecified atom stereocenters. The summed E-state index contributed by atoms with van der Waals surface area (Å²) in [5, 5.41) is 0. The Morgan fingerprint density at radius 1 is 1.05 bits per heavy atom. The molecule has 0 amide bonds. The van der Waals surface area contributed by atoms with Crippen LogP contribution in [-0.2, 0) is 19.1 Å². The summed E-state index contributed by atoms with van der Waals surface area (Å²) in [6.07, 6.45) is 0. The molecule has 0 heterocycles. The number of methoxy groups -OCH3 is 2. The molecule has 3 atom stereocenters. The van der Waals surface area contributed by atoms with Gasteiger partial charge >= 0.3 is 11.9 Å². The number of hydrogen-bond donors (Lipinski definition) is 0. The molecule has 4 nitrogen and oxygen atoms in total. The number of hydrogen-bond acceptors (Lipinski definition) is 4. The number of carbonyl (C=O) groups excluding carboxylic acids is 2. The molecule has 22 heavy (non-hydrogen) atoms. The normalized spacial score (nSPS) is 26.5. The van der Waals surface area contributed by atoms with Gasteiger partial charge in [0.05, 0.1) is 14.2 Å². The van der Waals surface area contributed by atoms with Crippen LogP contribution in [0.1, 0.15) is 25.3 Å². The standard InChI is InChI=1S/C18H22O4/c1-11-12(2)15(14-9-7-6-8-10-14)18(13(11)3,16(19)21-4)17(20)22-5/h6-10,12-13,15H,1H2,2-5H3. The number of allylic oxidation sites excluding steroid dienone is 1. The van der Waals surface area contributed by atoms with Crippen LogP contribution in [0.2, 0.25) is 0 Å². The van der Waals surface area contributed by atoms with E-state index in [2.05, 4.69) is 6.58 Å². The van der Waals surface area contributed by atoms with Crippen LogP contribution in [0.5, 0.6) is 0 Å². The molecular weight excluding hydrogens is 280 g/mol. The molecule has 1 aromatic rings. The summed E-state index contributed by atoms with van der Waals surface area (Å²) >= 11 is 0. The van der Waals surface area contributed by atoms with Crippen molar-refractivity contribution in [2.24, 2.45) is 17.3 Å². The smallest absolute Gasteiger partial charge is 0.324 e. The van der Waals surface area contributed by atoms with Crippen LogP contribution in [0.4, 0.5) is 0 Å². The van der Waals surface area contributed by atoms with E-state index in [1.165, 1.54) is 14.2 Å². The van der Waals surface area contributed by atoms with Crippen LogP contribution in [0, 0.1) is 17.3 Å². The second kappa shape index (κ2) is 5.95. The molecule has 0 saturated heterocycles. The molecule has 1 aromatic carbocycles. The van der Waals surface area contributed by atoms with Gasteiger partial charge in [-0.15, -0.1) is 0 Å². The maximum Gasteiger partial charge on any atom is 0.324 e. The largest absolute Gasteiger partial charge is 0.468 e. The highest BCUT2D eigenvalue weighted by molar-refractivity contribution is 6.03. The lowest BCUT2D eigenvalue weighted by Crippen LogP contribution is -2.47. The maximum atomic E-state index is 12.7. The van der Waals surface area contributed by atoms with E-state index < -0.39 is 17.4 Å². The number of rotatable bonds is 3. The Hall–Kier alpha value is -2.10. The van der Waals surface area contributed by atoms with Gasteiger partial charge in [0, 0.05) is 11.8 Å². The molecule has 0 spiro atoms. The Morgan fingerprint density at radius 3 is 2.00 bits per heavy atom. The number of esters is 2. The first-order valence-electron chi connectivity index (χ1n) is 7.33. The molecule has 0 N–H and O–H groups in total. The summed E-state index contributed by atoms with van der Waals surface area (Å²) < 4.78 is 10.00. The summed E-state index contributed by atoms with van der Waals surface area (Å²) in [6.45, 7) is 7.94. The monoisotopic (exact) mass is 302 g/mol. The highest BCUT2D eigenvalue weighted by atomic mass is 16.5. The summed E-state index contributed by atoms with van der Waals surface area (Å²) in [5.74, 6) is -1.86. The minimum Gasteiger partial charge on any atom is -0.468 e. The fourth-order valence-electron chi connectivity index (χ4n) is 3.81. The lowest BCUT2D eigenvalue weighted by molar-refractivity contribution is -0.173. The van der Waals surface area contributed by atoms with E-state index in [0.717, 1.165) is 11.1 Å². The van der Waals surface area contributed by atoms with Crippen LogP contribution >= 0.6 is 0 Å². The zero-order chi connectivity index (χ0) is 16.5. The Bertz CT molecular complexity index is 574. The number of benzene rings is 1. The lowest BCUT2D eigenvalue weighted by Gasteiger charge is -2.34. The summed E-state index contributed by atoms with van der Waals surface area (Å²) in [6, 6.07) is 9.54. The third-order valence-corrected chi connectivity index (χ3v) is 5.02. The zero-order valence-corrected chi connectivity index (χ0v) is 13.5. The molecule has 2 rings (SSSR count). The predicted octanol–water partition coefficient (Wildman–Crippen LogP) is 2.94. The Kier molecular flexibility index (Phi) is 4.40. The highest BCUT2D eigenvalue weighted by Gasteiger charge is 2.65. The van der Waals surface area contributed by atoms with Gasteiger partial charge in [-0.1, -0.05) is 56.3 Å². The van der Waals surface area contributed by atoms with Crippen molar-refractivity contribution >= 4 is 11.9 Å². The minimum absolute atomic E-state index is 0.0319. The molecule has 118 valence electrons. The van der Waals surface area contributed by atoms with Gasteiger partial charge in [-0.05, 0) is 11.5 Å². The topological polar surface area (TPSA) is 52.6 Å². The molecule has 0 aliphatic heterocycles. The van der Waals surface area contributed by atoms with E-state index >= 15 is 0 Å². The van der Waals surface area contributed by atoms with Crippen molar-refractivity contribution in [1.29, 1.82) is 0 Å². The number of ether oxygens (including phenoxy) is 2. The molecule has 1 aliphatic rings. The molecule has 0 aromatic heterocycles. The molecule has 1 fully saturated rings. The van der Waals surface area contributed by atoms with E-state index in [-0.39, 0.29) is 17.8 Å². The lowest BCUT2D eigenvalue weighted by atomic mass is 9.68. The highest BCUT2D eigenvalue weighted by Crippen LogP contribution is 2.59. The Morgan fingerprint density at radius 2 is 1.55 bits per heavy atom. The van der Waals surface area contributed by atoms with Gasteiger partial charge in [-0.25, -0.2) is 0 Å². The Balaban J connectivity index is 2.72. The van der Waals surface area contributed by atoms with E-state index in [4.69, 9.17) is 9.47 Å². The second-order valence-electron chi connectivity index (χ2n) is 5.83. The van der Waals surface area contributed by atoms with Gasteiger partial charge in [0.25, 0.3) is 0 Å². The fraction of sp³-hybridized carbons (Fsp3) is 0.444. The molecule has 1 saturated carbocycles. The van der Waals surface area contributed by atoms with E-state index in [1.807, 2.05) is 44.2 Å². The van der Waals surface area contributed by atoms with Crippen molar-refractivity contribution in [2.45, 2.75) is 19.8 Å². The van der Waals surface area contributed by atoms with Crippen molar-refractivity contribution in [2.75, 3.05) is 14.2 Å². The van der Waals surface area contributed by atoms with E-state index in [1.54, 1.807) is 0 Å². The van der Waals surface area contributed by atoms with Crippen molar-refractivity contribution in [1.82, 2.24) is 0 Å². The average Bonchev–Trinajstić information content (AvgIpc) is 2.76. The molecular formula is C18H22O4. The van der Waals surface area contributed by atoms with Crippen LogP contribution < -0.4 is 0 Å². The van der Waals surface area contributed by atoms with Gasteiger partial charge in [-0.3, -0.25) is 9.59 Å². The molecule has 4 heteroatoms. The van der Waals surface area contributed by atoms with Crippen LogP contribution in [0.3, 0.4) is 0 Å². The molecule has 0 bridgehead atoms. The fourth-order valence-corrected chi connectivity index (χ4v) is 3.81. The van der Waals surface area contributed by atoms with Crippen LogP contribution in [0.15, 0.2) is 42.5 Å². The molecule has 0 radical (unpaired) electrons. The van der Waals surface area contributed by atoms with Crippen LogP contribution in [0.25, 0.3) is 0 Å². The van der Waals surface area contributed by atoms with Crippen LogP contribution in [-0.4, -0.2) is 26.2 Å². The van der Waals surface area contributed by atoms with Gasteiger partial charge in [-0.2, -0.15) is 0 Å². The second-order valence-corrected chi connectivity index (χ2v) is 5.83. The van der Waals surface area contributed by atoms with Crippen molar-refractivity contribution < 1.29 is 19.1 Å². The minimum atomic E-state index is -1.39. The predicted molar refractivity (Wildman–Crippen MR) is 83.1 cm³/mol. The molecule has 1 aliphatic carbocycles. The third kappa shape index (κ3) is 2.05. The Labute approximate surface area is 131 Å². The first kappa shape index (κ1) is 16.3. The van der Waals surface area contributed by atoms with Crippen molar-refractivity contribution in [3.8, 4) is 0 Å². The quantitative estimate of drug-likeness (QED) is 0.489. The summed E-state index contributed by atoms with van der Waals surface area (Å²) in [4.78, 5) is 25.3. The average molecular weight is 302 g/mol.